The monoisotopic (exact) mass is 479 g/mol. The highest BCUT2D eigenvalue weighted by Crippen LogP contribution is 2.31. The van der Waals surface area contributed by atoms with Gasteiger partial charge in [0, 0.05) is 71.4 Å². The first kappa shape index (κ1) is 23.2. The van der Waals surface area contributed by atoms with Crippen molar-refractivity contribution in [2.45, 2.75) is 26.4 Å². The second-order valence-corrected chi connectivity index (χ2v) is 9.11. The molecule has 9 nitrogen and oxygen atoms in total. The van der Waals surface area contributed by atoms with Crippen molar-refractivity contribution in [2.75, 3.05) is 44.7 Å². The van der Waals surface area contributed by atoms with E-state index < -0.39 is 0 Å². The predicted octanol–water partition coefficient (Wildman–Crippen LogP) is 2.25. The molecule has 5 rings (SSSR count). The molecular formula is C25H30FN7O2. The highest BCUT2D eigenvalue weighted by molar-refractivity contribution is 5.74. The number of hydrogen-bond acceptors (Lipinski definition) is 7. The maximum absolute atomic E-state index is 14.1. The topological polar surface area (TPSA) is 79.6 Å². The lowest BCUT2D eigenvalue weighted by atomic mass is 10.1. The highest BCUT2D eigenvalue weighted by atomic mass is 19.1. The van der Waals surface area contributed by atoms with Gasteiger partial charge in [0.25, 0.3) is 0 Å². The van der Waals surface area contributed by atoms with Gasteiger partial charge >= 0.3 is 0 Å². The van der Waals surface area contributed by atoms with Crippen LogP contribution in [0, 0.1) is 5.82 Å². The van der Waals surface area contributed by atoms with E-state index in [1.165, 1.54) is 7.11 Å². The molecule has 0 bridgehead atoms. The van der Waals surface area contributed by atoms with Gasteiger partial charge in [-0.1, -0.05) is 6.07 Å². The number of aromatic nitrogens is 4. The summed E-state index contributed by atoms with van der Waals surface area (Å²) < 4.78 is 20.9. The molecule has 2 aliphatic heterocycles. The number of fused-ring (bicyclic) bond motifs is 1. The van der Waals surface area contributed by atoms with Crippen LogP contribution in [-0.4, -0.2) is 75.3 Å². The minimum absolute atomic E-state index is 0.0531. The number of piperazine rings is 1. The smallest absolute Gasteiger partial charge is 0.219 e. The molecule has 0 N–H and O–H groups in total. The summed E-state index contributed by atoms with van der Waals surface area (Å²) in [4.78, 5) is 28.4. The number of anilines is 1. The summed E-state index contributed by atoms with van der Waals surface area (Å²) in [5.74, 6) is 0.844. The van der Waals surface area contributed by atoms with Gasteiger partial charge in [-0.25, -0.2) is 14.4 Å². The van der Waals surface area contributed by atoms with Crippen LogP contribution in [0.25, 0.3) is 11.3 Å². The van der Waals surface area contributed by atoms with E-state index in [0.717, 1.165) is 60.2 Å². The molecule has 2 aliphatic rings. The zero-order valence-electron chi connectivity index (χ0n) is 20.4. The number of rotatable bonds is 5. The number of carbonyl (C=O) groups is 1. The van der Waals surface area contributed by atoms with Crippen molar-refractivity contribution in [3.63, 3.8) is 0 Å². The first-order valence-corrected chi connectivity index (χ1v) is 11.9. The molecule has 184 valence electrons. The Morgan fingerprint density at radius 3 is 2.57 bits per heavy atom. The fourth-order valence-corrected chi connectivity index (χ4v) is 4.73. The lowest BCUT2D eigenvalue weighted by molar-refractivity contribution is -0.129. The number of aryl methyl sites for hydroxylation is 1. The molecule has 0 spiro atoms. The Hall–Kier alpha value is -3.53. The van der Waals surface area contributed by atoms with Crippen molar-refractivity contribution in [3.05, 3.63) is 53.4 Å². The Morgan fingerprint density at radius 1 is 1.11 bits per heavy atom. The number of methoxy groups -OCH3 is 1. The number of halogens is 1. The summed E-state index contributed by atoms with van der Waals surface area (Å²) in [6.45, 7) is 6.66. The molecule has 1 fully saturated rings. The van der Waals surface area contributed by atoms with Crippen molar-refractivity contribution in [2.24, 2.45) is 7.05 Å². The summed E-state index contributed by atoms with van der Waals surface area (Å²) in [5.41, 5.74) is 4.45. The van der Waals surface area contributed by atoms with E-state index >= 15 is 0 Å². The van der Waals surface area contributed by atoms with Gasteiger partial charge < -0.3 is 14.5 Å². The molecule has 10 heteroatoms. The van der Waals surface area contributed by atoms with E-state index in [4.69, 9.17) is 14.7 Å². The Kier molecular flexibility index (Phi) is 6.38. The van der Waals surface area contributed by atoms with Crippen LogP contribution in [0.3, 0.4) is 0 Å². The Bertz CT molecular complexity index is 1240. The molecule has 0 aliphatic carbocycles. The van der Waals surface area contributed by atoms with Crippen LogP contribution < -0.4 is 9.64 Å². The minimum atomic E-state index is -0.336. The average Bonchev–Trinajstić information content (AvgIpc) is 3.29. The van der Waals surface area contributed by atoms with Crippen LogP contribution in [0.15, 0.2) is 30.6 Å². The van der Waals surface area contributed by atoms with Gasteiger partial charge in [-0.05, 0) is 17.7 Å². The Morgan fingerprint density at radius 2 is 1.91 bits per heavy atom. The first-order chi connectivity index (χ1) is 16.9. The molecule has 4 heterocycles. The second kappa shape index (κ2) is 9.61. The molecule has 0 unspecified atom stereocenters. The van der Waals surface area contributed by atoms with Crippen molar-refractivity contribution >= 4 is 11.7 Å². The maximum atomic E-state index is 14.1. The summed E-state index contributed by atoms with van der Waals surface area (Å²) in [6, 6.07) is 5.14. The fraction of sp³-hybridized carbons (Fsp3) is 0.440. The second-order valence-electron chi connectivity index (χ2n) is 9.11. The van der Waals surface area contributed by atoms with Crippen LogP contribution in [0.1, 0.15) is 23.9 Å². The third-order valence-corrected chi connectivity index (χ3v) is 6.71. The standard InChI is InChI=1S/C25H30FN7O2/c1-17(34)33-7-6-21-22(16-33)28-24(19-13-27-30(2)15-19)25(29-21)32-10-8-31(9-11-32)14-18-4-5-23(35-3)20(26)12-18/h4-5,12-13,15H,6-11,14,16H2,1-3H3. The van der Waals surface area contributed by atoms with Crippen molar-refractivity contribution in [1.82, 2.24) is 29.5 Å². The quantitative estimate of drug-likeness (QED) is 0.555. The van der Waals surface area contributed by atoms with Crippen LogP contribution in [0.2, 0.25) is 0 Å². The fourth-order valence-electron chi connectivity index (χ4n) is 4.73. The Balaban J connectivity index is 1.36. The van der Waals surface area contributed by atoms with Gasteiger partial charge in [-0.2, -0.15) is 5.10 Å². The lowest BCUT2D eigenvalue weighted by Gasteiger charge is -2.37. The molecule has 1 saturated heterocycles. The summed E-state index contributed by atoms with van der Waals surface area (Å²) in [6.07, 6.45) is 4.45. The van der Waals surface area contributed by atoms with E-state index in [2.05, 4.69) is 14.9 Å². The molecule has 35 heavy (non-hydrogen) atoms. The van der Waals surface area contributed by atoms with Crippen LogP contribution in [0.5, 0.6) is 5.75 Å². The molecule has 1 amide bonds. The van der Waals surface area contributed by atoms with E-state index in [9.17, 15) is 9.18 Å². The third kappa shape index (κ3) is 4.84. The summed E-state index contributed by atoms with van der Waals surface area (Å²) in [7, 11) is 3.35. The number of carbonyl (C=O) groups excluding carboxylic acids is 1. The molecule has 3 aromatic rings. The van der Waals surface area contributed by atoms with Crippen molar-refractivity contribution in [1.29, 1.82) is 0 Å². The van der Waals surface area contributed by atoms with Gasteiger partial charge in [0.05, 0.1) is 31.2 Å². The van der Waals surface area contributed by atoms with Gasteiger partial charge in [-0.15, -0.1) is 0 Å². The number of benzene rings is 1. The zero-order valence-corrected chi connectivity index (χ0v) is 20.4. The van der Waals surface area contributed by atoms with Crippen LogP contribution in [0.4, 0.5) is 10.2 Å². The minimum Gasteiger partial charge on any atom is -0.494 e. The first-order valence-electron chi connectivity index (χ1n) is 11.9. The van der Waals surface area contributed by atoms with E-state index in [1.807, 2.05) is 24.2 Å². The number of hydrogen-bond donors (Lipinski definition) is 0. The molecular weight excluding hydrogens is 449 g/mol. The summed E-state index contributed by atoms with van der Waals surface area (Å²) >= 11 is 0. The van der Waals surface area contributed by atoms with Gasteiger partial charge in [-0.3, -0.25) is 14.4 Å². The average molecular weight is 480 g/mol. The predicted molar refractivity (Wildman–Crippen MR) is 129 cm³/mol. The van der Waals surface area contributed by atoms with Crippen molar-refractivity contribution < 1.29 is 13.9 Å². The van der Waals surface area contributed by atoms with Crippen LogP contribution >= 0.6 is 0 Å². The molecule has 1 aromatic carbocycles. The molecule has 0 saturated carbocycles. The van der Waals surface area contributed by atoms with E-state index in [-0.39, 0.29) is 17.5 Å². The molecule has 0 atom stereocenters. The number of amides is 1. The summed E-state index contributed by atoms with van der Waals surface area (Å²) in [5, 5.41) is 4.33. The largest absolute Gasteiger partial charge is 0.494 e. The molecule has 0 radical (unpaired) electrons. The van der Waals surface area contributed by atoms with Crippen LogP contribution in [-0.2, 0) is 31.4 Å². The highest BCUT2D eigenvalue weighted by Gasteiger charge is 2.27. The van der Waals surface area contributed by atoms with Crippen molar-refractivity contribution in [3.8, 4) is 17.0 Å². The van der Waals surface area contributed by atoms with Gasteiger partial charge in [0.15, 0.2) is 17.4 Å². The van der Waals surface area contributed by atoms with Gasteiger partial charge in [0.2, 0.25) is 5.91 Å². The number of nitrogens with zero attached hydrogens (tertiary/aromatic N) is 7. The lowest BCUT2D eigenvalue weighted by Crippen LogP contribution is -2.46. The van der Waals surface area contributed by atoms with E-state index in [1.54, 1.807) is 29.9 Å². The third-order valence-electron chi connectivity index (χ3n) is 6.71. The van der Waals surface area contributed by atoms with Gasteiger partial charge in [0.1, 0.15) is 5.69 Å². The maximum Gasteiger partial charge on any atom is 0.219 e. The molecule has 2 aromatic heterocycles. The Labute approximate surface area is 204 Å². The van der Waals surface area contributed by atoms with E-state index in [0.29, 0.717) is 26.1 Å². The zero-order chi connectivity index (χ0) is 24.5. The SMILES string of the molecule is COc1ccc(CN2CCN(c3nc4c(nc3-c3cnn(C)c3)CN(C(C)=O)CC4)CC2)cc1F. The normalized spacial score (nSPS) is 16.3. The number of ether oxygens (including phenoxy) is 1.